The molecule has 0 saturated heterocycles. The normalized spacial score (nSPS) is 14.6. The van der Waals surface area contributed by atoms with E-state index in [1.54, 1.807) is 24.3 Å². The van der Waals surface area contributed by atoms with E-state index >= 15 is 0 Å². The van der Waals surface area contributed by atoms with Crippen LogP contribution in [0.5, 0.6) is 0 Å². The van der Waals surface area contributed by atoms with Crippen molar-refractivity contribution in [2.45, 2.75) is 19.3 Å². The molecule has 5 heteroatoms. The van der Waals surface area contributed by atoms with Gasteiger partial charge in [-0.25, -0.2) is 8.42 Å². The first-order valence-electron chi connectivity index (χ1n) is 6.29. The van der Waals surface area contributed by atoms with Crippen molar-refractivity contribution in [2.75, 3.05) is 17.1 Å². The summed E-state index contributed by atoms with van der Waals surface area (Å²) in [5.74, 6) is 6.25. The van der Waals surface area contributed by atoms with Crippen LogP contribution in [0.15, 0.2) is 24.3 Å². The molecule has 102 valence electrons. The first kappa shape index (κ1) is 13.9. The summed E-state index contributed by atoms with van der Waals surface area (Å²) < 4.78 is 26.1. The van der Waals surface area contributed by atoms with Crippen LogP contribution in [0.3, 0.4) is 0 Å². The van der Waals surface area contributed by atoms with Gasteiger partial charge in [-0.15, -0.1) is 0 Å². The molecular weight excluding hydrogens is 262 g/mol. The second kappa shape index (κ2) is 6.09. The van der Waals surface area contributed by atoms with Gasteiger partial charge in [-0.3, -0.25) is 4.72 Å². The average Bonchev–Trinajstić information content (AvgIpc) is 3.14. The average molecular weight is 279 g/mol. The van der Waals surface area contributed by atoms with E-state index in [4.69, 9.17) is 5.11 Å². The fourth-order valence-corrected chi connectivity index (χ4v) is 3.19. The van der Waals surface area contributed by atoms with Gasteiger partial charge < -0.3 is 5.11 Å². The Morgan fingerprint density at radius 2 is 1.95 bits per heavy atom. The summed E-state index contributed by atoms with van der Waals surface area (Å²) in [6.45, 7) is 0.0477. The summed E-state index contributed by atoms with van der Waals surface area (Å²) >= 11 is 0. The Bertz CT molecular complexity index is 577. The molecule has 1 aliphatic rings. The zero-order valence-corrected chi connectivity index (χ0v) is 11.4. The van der Waals surface area contributed by atoms with E-state index in [9.17, 15) is 8.42 Å². The van der Waals surface area contributed by atoms with Gasteiger partial charge >= 0.3 is 0 Å². The Balaban J connectivity index is 1.96. The molecule has 1 aromatic carbocycles. The minimum Gasteiger partial charge on any atom is -0.395 e. The lowest BCUT2D eigenvalue weighted by Gasteiger charge is -2.07. The lowest BCUT2D eigenvalue weighted by molar-refractivity contribution is 0.305. The largest absolute Gasteiger partial charge is 0.395 e. The summed E-state index contributed by atoms with van der Waals surface area (Å²) in [5.41, 5.74) is 1.37. The third-order valence-corrected chi connectivity index (χ3v) is 4.24. The molecule has 0 bridgehead atoms. The number of hydrogen-bond donors (Lipinski definition) is 2. The third kappa shape index (κ3) is 4.93. The smallest absolute Gasteiger partial charge is 0.232 e. The number of benzene rings is 1. The molecule has 19 heavy (non-hydrogen) atoms. The first-order chi connectivity index (χ1) is 9.09. The van der Waals surface area contributed by atoms with Gasteiger partial charge in [-0.1, -0.05) is 11.8 Å². The van der Waals surface area contributed by atoms with Gasteiger partial charge in [0.15, 0.2) is 0 Å². The zero-order valence-electron chi connectivity index (χ0n) is 10.6. The number of sulfonamides is 1. The number of aliphatic hydroxyl groups excluding tert-OH is 1. The molecule has 2 rings (SSSR count). The quantitative estimate of drug-likeness (QED) is 0.804. The molecule has 0 spiro atoms. The van der Waals surface area contributed by atoms with Crippen LogP contribution < -0.4 is 4.72 Å². The maximum atomic E-state index is 11.8. The van der Waals surface area contributed by atoms with Crippen molar-refractivity contribution in [3.8, 4) is 11.8 Å². The molecule has 2 N–H and O–H groups in total. The van der Waals surface area contributed by atoms with Crippen molar-refractivity contribution in [3.63, 3.8) is 0 Å². The number of aliphatic hydroxyl groups is 1. The second-order valence-corrected chi connectivity index (χ2v) is 6.45. The van der Waals surface area contributed by atoms with Crippen molar-refractivity contribution >= 4 is 15.7 Å². The molecule has 0 radical (unpaired) electrons. The maximum absolute atomic E-state index is 11.8. The molecule has 1 fully saturated rings. The van der Waals surface area contributed by atoms with Gasteiger partial charge in [-0.2, -0.15) is 0 Å². The number of hydrogen-bond acceptors (Lipinski definition) is 3. The van der Waals surface area contributed by atoms with Crippen molar-refractivity contribution < 1.29 is 13.5 Å². The predicted molar refractivity (Wildman–Crippen MR) is 75.2 cm³/mol. The lowest BCUT2D eigenvalue weighted by atomic mass is 10.2. The van der Waals surface area contributed by atoms with Gasteiger partial charge in [0.2, 0.25) is 10.0 Å². The fraction of sp³-hybridized carbons (Fsp3) is 0.429. The molecular formula is C14H17NO3S. The molecule has 0 aromatic heterocycles. The number of anilines is 1. The van der Waals surface area contributed by atoms with E-state index in [1.165, 1.54) is 0 Å². The molecule has 1 aromatic rings. The van der Waals surface area contributed by atoms with Crippen LogP contribution in [0, 0.1) is 17.8 Å². The van der Waals surface area contributed by atoms with Gasteiger partial charge in [0.25, 0.3) is 0 Å². The maximum Gasteiger partial charge on any atom is 0.232 e. The Hall–Kier alpha value is -1.51. The van der Waals surface area contributed by atoms with Crippen LogP contribution >= 0.6 is 0 Å². The van der Waals surface area contributed by atoms with E-state index in [0.717, 1.165) is 18.4 Å². The van der Waals surface area contributed by atoms with Crippen LogP contribution in [0.25, 0.3) is 0 Å². The summed E-state index contributed by atoms with van der Waals surface area (Å²) in [6.07, 6.45) is 2.47. The van der Waals surface area contributed by atoms with E-state index in [2.05, 4.69) is 16.6 Å². The third-order valence-electron chi connectivity index (χ3n) is 2.78. The van der Waals surface area contributed by atoms with Crippen LogP contribution in [0.2, 0.25) is 0 Å². The van der Waals surface area contributed by atoms with Crippen molar-refractivity contribution in [3.05, 3.63) is 29.8 Å². The zero-order chi connectivity index (χ0) is 13.7. The van der Waals surface area contributed by atoms with Gasteiger partial charge in [0.05, 0.1) is 12.4 Å². The Labute approximate surface area is 113 Å². The number of nitrogens with one attached hydrogen (secondary N) is 1. The van der Waals surface area contributed by atoms with E-state index in [0.29, 0.717) is 18.0 Å². The molecule has 0 heterocycles. The van der Waals surface area contributed by atoms with E-state index in [-0.39, 0.29) is 12.4 Å². The van der Waals surface area contributed by atoms with Crippen molar-refractivity contribution in [1.29, 1.82) is 0 Å². The van der Waals surface area contributed by atoms with Crippen LogP contribution in [0.1, 0.15) is 24.8 Å². The van der Waals surface area contributed by atoms with Gasteiger partial charge in [0.1, 0.15) is 0 Å². The monoisotopic (exact) mass is 279 g/mol. The summed E-state index contributed by atoms with van der Waals surface area (Å²) in [7, 11) is -3.22. The lowest BCUT2D eigenvalue weighted by Crippen LogP contribution is -2.17. The van der Waals surface area contributed by atoms with E-state index < -0.39 is 10.0 Å². The Kier molecular flexibility index (Phi) is 4.46. The van der Waals surface area contributed by atoms with E-state index in [1.807, 2.05) is 0 Å². The molecule has 1 aliphatic carbocycles. The SMILES string of the molecule is O=S(=O)(CC1CC1)Nc1ccc(C#CCCO)cc1. The Morgan fingerprint density at radius 3 is 2.53 bits per heavy atom. The summed E-state index contributed by atoms with van der Waals surface area (Å²) in [6, 6.07) is 6.93. The topological polar surface area (TPSA) is 66.4 Å². The highest BCUT2D eigenvalue weighted by molar-refractivity contribution is 7.92. The predicted octanol–water partition coefficient (Wildman–Crippen LogP) is 1.57. The Morgan fingerprint density at radius 1 is 1.26 bits per heavy atom. The minimum absolute atomic E-state index is 0.0477. The summed E-state index contributed by atoms with van der Waals surface area (Å²) in [5, 5.41) is 8.61. The molecule has 0 atom stereocenters. The molecule has 4 nitrogen and oxygen atoms in total. The van der Waals surface area contributed by atoms with Crippen molar-refractivity contribution in [1.82, 2.24) is 0 Å². The fourth-order valence-electron chi connectivity index (χ4n) is 1.66. The first-order valence-corrected chi connectivity index (χ1v) is 7.94. The molecule has 0 unspecified atom stereocenters. The highest BCUT2D eigenvalue weighted by Gasteiger charge is 2.27. The van der Waals surface area contributed by atoms with Crippen LogP contribution in [0.4, 0.5) is 5.69 Å². The van der Waals surface area contributed by atoms with Gasteiger partial charge in [0, 0.05) is 17.7 Å². The standard InChI is InChI=1S/C14H17NO3S/c16-10-2-1-3-12-6-8-14(9-7-12)15-19(17,18)11-13-4-5-13/h6-9,13,15-16H,2,4-5,10-11H2. The highest BCUT2D eigenvalue weighted by atomic mass is 32.2. The van der Waals surface area contributed by atoms with Gasteiger partial charge in [-0.05, 0) is 43.0 Å². The molecule has 1 saturated carbocycles. The molecule has 0 aliphatic heterocycles. The summed E-state index contributed by atoms with van der Waals surface area (Å²) in [4.78, 5) is 0. The van der Waals surface area contributed by atoms with Crippen LogP contribution in [-0.4, -0.2) is 25.9 Å². The second-order valence-electron chi connectivity index (χ2n) is 4.68. The molecule has 0 amide bonds. The highest BCUT2D eigenvalue weighted by Crippen LogP contribution is 2.30. The van der Waals surface area contributed by atoms with Crippen LogP contribution in [-0.2, 0) is 10.0 Å². The minimum atomic E-state index is -3.22. The van der Waals surface area contributed by atoms with Crippen molar-refractivity contribution in [2.24, 2.45) is 5.92 Å². The number of rotatable bonds is 5.